The van der Waals surface area contributed by atoms with E-state index < -0.39 is 6.10 Å². The molecule has 0 aromatic rings. The summed E-state index contributed by atoms with van der Waals surface area (Å²) >= 11 is 0. The molecule has 0 aliphatic heterocycles. The summed E-state index contributed by atoms with van der Waals surface area (Å²) in [6.45, 7) is 7.62. The fourth-order valence-electron chi connectivity index (χ4n) is 8.45. The number of hydrogen-bond donors (Lipinski definition) is 0. The van der Waals surface area contributed by atoms with E-state index in [0.717, 1.165) is 89.9 Å². The molecule has 0 spiro atoms. The molecule has 0 saturated carbocycles. The minimum absolute atomic E-state index is 0.0651. The fraction of sp³-hybridized carbons (Fsp3) is 0.754. The maximum absolute atomic E-state index is 12.9. The predicted octanol–water partition coefficient (Wildman–Crippen LogP) is 20.8. The van der Waals surface area contributed by atoms with Gasteiger partial charge in [-0.05, 0) is 96.3 Å². The maximum atomic E-state index is 12.9. The smallest absolute Gasteiger partial charge is 0.306 e. The highest BCUT2D eigenvalue weighted by Crippen LogP contribution is 2.16. The predicted molar refractivity (Wildman–Crippen MR) is 307 cm³/mol. The van der Waals surface area contributed by atoms with Crippen molar-refractivity contribution >= 4 is 11.9 Å². The Labute approximate surface area is 435 Å². The second-order valence-corrected chi connectivity index (χ2v) is 19.9. The van der Waals surface area contributed by atoms with Gasteiger partial charge in [0.25, 0.3) is 0 Å². The van der Waals surface area contributed by atoms with Gasteiger partial charge in [0.1, 0.15) is 6.61 Å². The Hall–Kier alpha value is -2.92. The van der Waals surface area contributed by atoms with E-state index in [0.29, 0.717) is 19.4 Å². The van der Waals surface area contributed by atoms with Crippen LogP contribution in [0.2, 0.25) is 0 Å². The molecule has 0 radical (unpaired) electrons. The summed E-state index contributed by atoms with van der Waals surface area (Å²) < 4.78 is 17.5. The first-order valence-corrected chi connectivity index (χ1v) is 30.1. The van der Waals surface area contributed by atoms with Crippen molar-refractivity contribution in [1.82, 2.24) is 0 Å². The van der Waals surface area contributed by atoms with E-state index in [4.69, 9.17) is 14.2 Å². The lowest BCUT2D eigenvalue weighted by molar-refractivity contribution is -0.163. The van der Waals surface area contributed by atoms with Crippen molar-refractivity contribution in [3.63, 3.8) is 0 Å². The van der Waals surface area contributed by atoms with Crippen molar-refractivity contribution in [3.8, 4) is 0 Å². The summed E-state index contributed by atoms with van der Waals surface area (Å²) in [6, 6.07) is 0. The number of unbranched alkanes of at least 4 members (excludes halogenated alkanes) is 30. The monoisotopic (exact) mass is 975 g/mol. The van der Waals surface area contributed by atoms with Gasteiger partial charge < -0.3 is 14.2 Å². The van der Waals surface area contributed by atoms with E-state index in [1.165, 1.54) is 167 Å². The Morgan fingerprint density at radius 1 is 0.329 bits per heavy atom. The topological polar surface area (TPSA) is 61.8 Å². The summed E-state index contributed by atoms with van der Waals surface area (Å²) in [4.78, 5) is 25.6. The number of carbonyl (C=O) groups excluding carboxylic acids is 2. The van der Waals surface area contributed by atoms with Gasteiger partial charge in [0.15, 0.2) is 6.10 Å². The van der Waals surface area contributed by atoms with E-state index in [2.05, 4.69) is 106 Å². The summed E-state index contributed by atoms with van der Waals surface area (Å²) in [6.07, 6.45) is 80.4. The highest BCUT2D eigenvalue weighted by atomic mass is 16.6. The van der Waals surface area contributed by atoms with E-state index in [9.17, 15) is 9.59 Å². The van der Waals surface area contributed by atoms with Crippen molar-refractivity contribution < 1.29 is 23.8 Å². The minimum Gasteiger partial charge on any atom is -0.462 e. The van der Waals surface area contributed by atoms with E-state index >= 15 is 0 Å². The molecule has 70 heavy (non-hydrogen) atoms. The molecule has 0 aromatic carbocycles. The molecular weight excluding hydrogens is 861 g/mol. The maximum Gasteiger partial charge on any atom is 0.306 e. The first-order chi connectivity index (χ1) is 34.6. The van der Waals surface area contributed by atoms with Crippen molar-refractivity contribution in [2.24, 2.45) is 0 Å². The van der Waals surface area contributed by atoms with Crippen LogP contribution in [0.15, 0.2) is 85.1 Å². The zero-order valence-electron chi connectivity index (χ0n) is 46.5. The van der Waals surface area contributed by atoms with Crippen molar-refractivity contribution in [1.29, 1.82) is 0 Å². The quantitative estimate of drug-likeness (QED) is 0.0345. The average Bonchev–Trinajstić information content (AvgIpc) is 3.36. The molecule has 0 bridgehead atoms. The molecule has 5 nitrogen and oxygen atoms in total. The zero-order chi connectivity index (χ0) is 50.6. The third kappa shape index (κ3) is 57.7. The van der Waals surface area contributed by atoms with Gasteiger partial charge in [0.05, 0.1) is 6.61 Å². The Balaban J connectivity index is 4.34. The molecule has 0 amide bonds. The molecule has 5 heteroatoms. The third-order valence-electron chi connectivity index (χ3n) is 12.9. The standard InChI is InChI=1S/C65H114O5/c1-4-7-10-13-16-19-22-25-28-31-33-35-37-40-43-46-49-52-55-58-64(66)69-62-63(61-68-60-57-54-51-48-45-42-39-36-32-29-26-23-20-17-14-11-8-5-2)70-65(67)59-56-53-50-47-44-41-38-34-30-27-24-21-18-15-12-9-6-3/h8,11,16-17,19-20,25-26,28-29,36,39,45,48,63H,4-7,9-10,12-15,18,21-24,27,30-35,37-38,40-44,46-47,49-62H2,1-3H3/b11-8-,19-16-,20-17-,28-25-,29-26-,39-36-,48-45-. The number of esters is 2. The number of rotatable bonds is 55. The van der Waals surface area contributed by atoms with Gasteiger partial charge in [0, 0.05) is 19.4 Å². The first-order valence-electron chi connectivity index (χ1n) is 30.1. The van der Waals surface area contributed by atoms with E-state index in [1.807, 2.05) is 0 Å². The van der Waals surface area contributed by atoms with Gasteiger partial charge in [-0.1, -0.05) is 266 Å². The second-order valence-electron chi connectivity index (χ2n) is 19.9. The molecule has 0 saturated heterocycles. The molecule has 0 N–H and O–H groups in total. The van der Waals surface area contributed by atoms with Gasteiger partial charge >= 0.3 is 11.9 Å². The summed E-state index contributed by atoms with van der Waals surface area (Å²) in [5.74, 6) is -0.416. The first kappa shape index (κ1) is 67.1. The average molecular weight is 976 g/mol. The Morgan fingerprint density at radius 2 is 0.643 bits per heavy atom. The van der Waals surface area contributed by atoms with Crippen LogP contribution >= 0.6 is 0 Å². The Bertz CT molecular complexity index is 1290. The number of ether oxygens (including phenoxy) is 3. The lowest BCUT2D eigenvalue weighted by Gasteiger charge is -2.18. The van der Waals surface area contributed by atoms with E-state index in [1.54, 1.807) is 0 Å². The lowest BCUT2D eigenvalue weighted by Crippen LogP contribution is -2.30. The minimum atomic E-state index is -0.563. The highest BCUT2D eigenvalue weighted by molar-refractivity contribution is 5.70. The van der Waals surface area contributed by atoms with Crippen molar-refractivity contribution in [2.45, 2.75) is 297 Å². The number of carbonyl (C=O) groups is 2. The molecule has 0 aliphatic carbocycles. The van der Waals surface area contributed by atoms with Crippen LogP contribution in [0.5, 0.6) is 0 Å². The molecule has 1 unspecified atom stereocenters. The van der Waals surface area contributed by atoms with Gasteiger partial charge in [-0.3, -0.25) is 9.59 Å². The van der Waals surface area contributed by atoms with Crippen LogP contribution in [0.1, 0.15) is 290 Å². The zero-order valence-corrected chi connectivity index (χ0v) is 46.5. The Kier molecular flexibility index (Phi) is 57.9. The van der Waals surface area contributed by atoms with Crippen molar-refractivity contribution in [2.75, 3.05) is 19.8 Å². The second kappa shape index (κ2) is 60.4. The fourth-order valence-corrected chi connectivity index (χ4v) is 8.45. The lowest BCUT2D eigenvalue weighted by atomic mass is 10.0. The number of hydrogen-bond acceptors (Lipinski definition) is 5. The molecule has 0 aliphatic rings. The molecule has 404 valence electrons. The summed E-state index contributed by atoms with van der Waals surface area (Å²) in [5, 5.41) is 0. The Morgan fingerprint density at radius 3 is 1.06 bits per heavy atom. The largest absolute Gasteiger partial charge is 0.462 e. The third-order valence-corrected chi connectivity index (χ3v) is 12.9. The summed E-state index contributed by atoms with van der Waals surface area (Å²) in [7, 11) is 0. The highest BCUT2D eigenvalue weighted by Gasteiger charge is 2.17. The number of allylic oxidation sites excluding steroid dienone is 14. The van der Waals surface area contributed by atoms with Crippen LogP contribution < -0.4 is 0 Å². The molecule has 1 atom stereocenters. The molecule has 0 heterocycles. The molecular formula is C65H114O5. The SMILES string of the molecule is CC/C=C\C/C=C\C/C=C\C/C=C\C/C=C\CCCCOCC(COC(=O)CCCCCCCCCCC/C=C\C/C=C\CCCCC)OC(=O)CCCCCCCCCCCCCCCCCCC. The summed E-state index contributed by atoms with van der Waals surface area (Å²) in [5.41, 5.74) is 0. The normalized spacial score (nSPS) is 12.8. The van der Waals surface area contributed by atoms with Gasteiger partial charge in [-0.25, -0.2) is 0 Å². The van der Waals surface area contributed by atoms with Crippen LogP contribution in [-0.4, -0.2) is 37.9 Å². The van der Waals surface area contributed by atoms with Crippen LogP contribution in [0, 0.1) is 0 Å². The van der Waals surface area contributed by atoms with Crippen LogP contribution in [-0.2, 0) is 23.8 Å². The van der Waals surface area contributed by atoms with Crippen molar-refractivity contribution in [3.05, 3.63) is 85.1 Å². The molecule has 0 rings (SSSR count). The van der Waals surface area contributed by atoms with Gasteiger partial charge in [-0.2, -0.15) is 0 Å². The van der Waals surface area contributed by atoms with Crippen LogP contribution in [0.3, 0.4) is 0 Å². The van der Waals surface area contributed by atoms with Crippen LogP contribution in [0.25, 0.3) is 0 Å². The van der Waals surface area contributed by atoms with Crippen LogP contribution in [0.4, 0.5) is 0 Å². The molecule has 0 fully saturated rings. The van der Waals surface area contributed by atoms with E-state index in [-0.39, 0.29) is 25.2 Å². The van der Waals surface area contributed by atoms with Gasteiger partial charge in [0.2, 0.25) is 0 Å². The van der Waals surface area contributed by atoms with Gasteiger partial charge in [-0.15, -0.1) is 0 Å². The molecule has 0 aromatic heterocycles.